The summed E-state index contributed by atoms with van der Waals surface area (Å²) >= 11 is 1.59. The van der Waals surface area contributed by atoms with Gasteiger partial charge < -0.3 is 14.8 Å². The fraction of sp³-hybridized carbons (Fsp3) is 0.500. The van der Waals surface area contributed by atoms with E-state index in [1.807, 2.05) is 19.9 Å². The number of nitrogens with one attached hydrogen (secondary N) is 2. The number of alkyl carbamates (subject to hydrolysis) is 1. The Morgan fingerprint density at radius 2 is 1.76 bits per heavy atom. The van der Waals surface area contributed by atoms with E-state index < -0.39 is 6.09 Å². The number of rotatable bonds is 6. The van der Waals surface area contributed by atoms with Gasteiger partial charge in [-0.1, -0.05) is 6.07 Å². The average Bonchev–Trinajstić information content (AvgIpc) is 3.23. The molecule has 0 atom stereocenters. The molecule has 9 heteroatoms. The number of hydrogen-bond donors (Lipinski definition) is 2. The van der Waals surface area contributed by atoms with Gasteiger partial charge in [0.2, 0.25) is 0 Å². The second kappa shape index (κ2) is 11.1. The van der Waals surface area contributed by atoms with Crippen LogP contribution >= 0.6 is 11.3 Å². The van der Waals surface area contributed by atoms with Crippen molar-refractivity contribution in [3.05, 3.63) is 35.0 Å². The third-order valence-electron chi connectivity index (χ3n) is 5.26. The van der Waals surface area contributed by atoms with Crippen molar-refractivity contribution >= 4 is 29.2 Å². The number of nitrogens with zero attached hydrogens (tertiary/aromatic N) is 2. The smallest absolute Gasteiger partial charge is 0.411 e. The van der Waals surface area contributed by atoms with E-state index in [9.17, 15) is 14.9 Å². The zero-order chi connectivity index (χ0) is 24.0. The topological polar surface area (TPSA) is 113 Å². The summed E-state index contributed by atoms with van der Waals surface area (Å²) in [6.07, 6.45) is 4.17. The molecule has 2 amide bonds. The number of nitriles is 1. The molecule has 1 aromatic carbocycles. The highest BCUT2D eigenvalue weighted by atomic mass is 32.1. The molecule has 1 aliphatic carbocycles. The minimum absolute atomic E-state index is 0.125. The van der Waals surface area contributed by atoms with Crippen LogP contribution in [0.1, 0.15) is 69.9 Å². The number of ether oxygens (including phenoxy) is 2. The molecule has 3 rings (SSSR count). The molecule has 8 nitrogen and oxygen atoms in total. The van der Waals surface area contributed by atoms with Gasteiger partial charge in [0.25, 0.3) is 0 Å². The molecule has 1 aromatic heterocycles. The highest BCUT2D eigenvalue weighted by Crippen LogP contribution is 2.38. The molecule has 0 bridgehead atoms. The fourth-order valence-corrected chi connectivity index (χ4v) is 4.92. The van der Waals surface area contributed by atoms with Crippen molar-refractivity contribution in [2.24, 2.45) is 0 Å². The van der Waals surface area contributed by atoms with Crippen LogP contribution < -0.4 is 10.6 Å². The van der Waals surface area contributed by atoms with Crippen LogP contribution in [-0.2, 0) is 9.47 Å². The number of carbonyl (C=O) groups excluding carboxylic acids is 2. The van der Waals surface area contributed by atoms with Gasteiger partial charge >= 0.3 is 12.2 Å². The van der Waals surface area contributed by atoms with E-state index in [-0.39, 0.29) is 24.3 Å². The summed E-state index contributed by atoms with van der Waals surface area (Å²) in [7, 11) is 0. The van der Waals surface area contributed by atoms with Gasteiger partial charge in [0, 0.05) is 29.4 Å². The molecule has 1 aliphatic rings. The fourth-order valence-electron chi connectivity index (χ4n) is 3.79. The second-order valence-corrected chi connectivity index (χ2v) is 9.72. The van der Waals surface area contributed by atoms with Gasteiger partial charge in [-0.3, -0.25) is 5.32 Å². The summed E-state index contributed by atoms with van der Waals surface area (Å²) in [6.45, 7) is 7.21. The number of amides is 2. The first kappa shape index (κ1) is 24.5. The van der Waals surface area contributed by atoms with Gasteiger partial charge in [0.15, 0.2) is 0 Å². The molecule has 1 saturated carbocycles. The first-order valence-corrected chi connectivity index (χ1v) is 12.0. The first-order valence-electron chi connectivity index (χ1n) is 11.2. The van der Waals surface area contributed by atoms with Crippen LogP contribution in [0.3, 0.4) is 0 Å². The summed E-state index contributed by atoms with van der Waals surface area (Å²) in [5.74, 6) is 0.334. The van der Waals surface area contributed by atoms with Crippen molar-refractivity contribution in [1.29, 1.82) is 5.26 Å². The third-order valence-corrected chi connectivity index (χ3v) is 6.45. The van der Waals surface area contributed by atoms with Crippen molar-refractivity contribution in [2.45, 2.75) is 77.5 Å². The lowest BCUT2D eigenvalue weighted by atomic mass is 9.86. The standard InChI is InChI=1S/C24H30N4O4S/c1-14(2)31-23(29)27-18-7-5-16(6-8-18)22-26-13-21(33-22)20-10-9-19(11-17(20)12-25)28-24(30)32-15(3)4/h9-11,13-16,18H,5-8H2,1-4H3,(H,27,29)(H,28,30)/t16-,18-. The molecule has 33 heavy (non-hydrogen) atoms. The van der Waals surface area contributed by atoms with Gasteiger partial charge in [-0.25, -0.2) is 14.6 Å². The summed E-state index contributed by atoms with van der Waals surface area (Å²) in [6, 6.07) is 7.55. The zero-order valence-corrected chi connectivity index (χ0v) is 20.2. The summed E-state index contributed by atoms with van der Waals surface area (Å²) < 4.78 is 10.3. The van der Waals surface area contributed by atoms with E-state index in [4.69, 9.17) is 9.47 Å². The van der Waals surface area contributed by atoms with Crippen molar-refractivity contribution < 1.29 is 19.1 Å². The van der Waals surface area contributed by atoms with Crippen LogP contribution in [-0.4, -0.2) is 35.4 Å². The number of carbonyl (C=O) groups is 2. The Hall–Kier alpha value is -3.12. The molecule has 0 unspecified atom stereocenters. The molecule has 0 radical (unpaired) electrons. The van der Waals surface area contributed by atoms with E-state index in [0.717, 1.165) is 41.1 Å². The SMILES string of the molecule is CC(C)OC(=O)Nc1ccc(-c2cnc([C@H]3CC[C@H](NC(=O)OC(C)C)CC3)s2)c(C#N)c1. The van der Waals surface area contributed by atoms with Gasteiger partial charge in [-0.05, 0) is 65.5 Å². The molecule has 0 spiro atoms. The van der Waals surface area contributed by atoms with E-state index in [1.54, 1.807) is 43.5 Å². The number of thiazole rings is 1. The maximum Gasteiger partial charge on any atom is 0.411 e. The molecule has 0 saturated heterocycles. The minimum Gasteiger partial charge on any atom is -0.447 e. The highest BCUT2D eigenvalue weighted by molar-refractivity contribution is 7.15. The minimum atomic E-state index is -0.552. The van der Waals surface area contributed by atoms with Crippen molar-refractivity contribution in [3.63, 3.8) is 0 Å². The molecule has 1 heterocycles. The lowest BCUT2D eigenvalue weighted by Crippen LogP contribution is -2.38. The molecule has 1 fully saturated rings. The van der Waals surface area contributed by atoms with Crippen molar-refractivity contribution in [1.82, 2.24) is 10.3 Å². The van der Waals surface area contributed by atoms with Crippen LogP contribution in [0.5, 0.6) is 0 Å². The Balaban J connectivity index is 1.63. The monoisotopic (exact) mass is 470 g/mol. The Kier molecular flexibility index (Phi) is 8.28. The zero-order valence-electron chi connectivity index (χ0n) is 19.4. The van der Waals surface area contributed by atoms with E-state index >= 15 is 0 Å². The van der Waals surface area contributed by atoms with Gasteiger partial charge in [-0.15, -0.1) is 11.3 Å². The molecule has 176 valence electrons. The molecule has 0 aliphatic heterocycles. The van der Waals surface area contributed by atoms with Gasteiger partial charge in [0.05, 0.1) is 33.7 Å². The van der Waals surface area contributed by atoms with E-state index in [0.29, 0.717) is 17.2 Å². The van der Waals surface area contributed by atoms with Crippen molar-refractivity contribution in [3.8, 4) is 16.5 Å². The number of aromatic nitrogens is 1. The normalized spacial score (nSPS) is 18.0. The Morgan fingerprint density at radius 1 is 1.09 bits per heavy atom. The van der Waals surface area contributed by atoms with E-state index in [1.165, 1.54) is 0 Å². The average molecular weight is 471 g/mol. The van der Waals surface area contributed by atoms with Crippen LogP contribution in [0, 0.1) is 11.3 Å². The number of hydrogen-bond acceptors (Lipinski definition) is 7. The molecular formula is C24H30N4O4S. The van der Waals surface area contributed by atoms with Crippen LogP contribution in [0.2, 0.25) is 0 Å². The second-order valence-electron chi connectivity index (χ2n) is 8.66. The number of benzene rings is 1. The number of anilines is 1. The highest BCUT2D eigenvalue weighted by Gasteiger charge is 2.26. The maximum absolute atomic E-state index is 11.8. The van der Waals surface area contributed by atoms with Gasteiger partial charge in [-0.2, -0.15) is 5.26 Å². The van der Waals surface area contributed by atoms with Crippen molar-refractivity contribution in [2.75, 3.05) is 5.32 Å². The lowest BCUT2D eigenvalue weighted by molar-refractivity contribution is 0.109. The van der Waals surface area contributed by atoms with E-state index in [2.05, 4.69) is 21.7 Å². The lowest BCUT2D eigenvalue weighted by Gasteiger charge is -2.28. The van der Waals surface area contributed by atoms with Crippen LogP contribution in [0.25, 0.3) is 10.4 Å². The molecule has 2 N–H and O–H groups in total. The molecule has 2 aromatic rings. The Bertz CT molecular complexity index is 1020. The summed E-state index contributed by atoms with van der Waals surface area (Å²) in [5.41, 5.74) is 1.76. The Morgan fingerprint density at radius 3 is 2.39 bits per heavy atom. The third kappa shape index (κ3) is 6.93. The predicted molar refractivity (Wildman–Crippen MR) is 127 cm³/mol. The Labute approximate surface area is 198 Å². The summed E-state index contributed by atoms with van der Waals surface area (Å²) in [4.78, 5) is 29.2. The maximum atomic E-state index is 11.8. The summed E-state index contributed by atoms with van der Waals surface area (Å²) in [5, 5.41) is 16.3. The quantitative estimate of drug-likeness (QED) is 0.552. The largest absolute Gasteiger partial charge is 0.447 e. The van der Waals surface area contributed by atoms with Crippen LogP contribution in [0.15, 0.2) is 24.4 Å². The predicted octanol–water partition coefficient (Wildman–Crippen LogP) is 5.80. The van der Waals surface area contributed by atoms with Gasteiger partial charge in [0.1, 0.15) is 0 Å². The molecular weight excluding hydrogens is 440 g/mol. The first-order chi connectivity index (χ1) is 15.7. The van der Waals surface area contributed by atoms with Crippen LogP contribution in [0.4, 0.5) is 15.3 Å².